The number of rotatable bonds is 6. The molecular weight excluding hydrogens is 347 g/mol. The molecular formula is C20H29FN4O2. The summed E-state index contributed by atoms with van der Waals surface area (Å²) in [7, 11) is 1.46. The third-order valence-electron chi connectivity index (χ3n) is 5.27. The number of benzene rings is 1. The van der Waals surface area contributed by atoms with Crippen molar-refractivity contribution < 1.29 is 9.13 Å². The fourth-order valence-corrected chi connectivity index (χ4v) is 3.95. The molecule has 1 aromatic heterocycles. The number of hydrogen-bond acceptors (Lipinski definition) is 5. The Balaban J connectivity index is 2.18. The van der Waals surface area contributed by atoms with Crippen LogP contribution in [0.2, 0.25) is 0 Å². The van der Waals surface area contributed by atoms with Gasteiger partial charge in [-0.3, -0.25) is 14.3 Å². The summed E-state index contributed by atoms with van der Waals surface area (Å²) in [6.07, 6.45) is 1.84. The van der Waals surface area contributed by atoms with Gasteiger partial charge in [-0.1, -0.05) is 13.3 Å². The van der Waals surface area contributed by atoms with Gasteiger partial charge in [0.05, 0.1) is 18.5 Å². The summed E-state index contributed by atoms with van der Waals surface area (Å²) in [5.41, 5.74) is -0.0793. The van der Waals surface area contributed by atoms with Gasteiger partial charge in [-0.2, -0.15) is 0 Å². The second-order valence-corrected chi connectivity index (χ2v) is 7.18. The molecule has 1 fully saturated rings. The summed E-state index contributed by atoms with van der Waals surface area (Å²) in [4.78, 5) is 20.2. The van der Waals surface area contributed by atoms with Gasteiger partial charge in [0.2, 0.25) is 0 Å². The highest BCUT2D eigenvalue weighted by Crippen LogP contribution is 2.28. The van der Waals surface area contributed by atoms with Crippen LogP contribution in [0.3, 0.4) is 0 Å². The number of halogens is 1. The molecule has 1 saturated heterocycles. The molecule has 0 amide bonds. The van der Waals surface area contributed by atoms with Crippen LogP contribution in [-0.2, 0) is 6.54 Å². The molecule has 0 unspecified atom stereocenters. The monoisotopic (exact) mass is 376 g/mol. The molecule has 0 radical (unpaired) electrons. The van der Waals surface area contributed by atoms with E-state index in [-0.39, 0.29) is 22.5 Å². The van der Waals surface area contributed by atoms with E-state index in [2.05, 4.69) is 29.0 Å². The molecule has 2 heterocycles. The van der Waals surface area contributed by atoms with Gasteiger partial charge < -0.3 is 10.1 Å². The lowest BCUT2D eigenvalue weighted by molar-refractivity contribution is 0.132. The first-order chi connectivity index (χ1) is 13.0. The van der Waals surface area contributed by atoms with Gasteiger partial charge in [0, 0.05) is 38.3 Å². The number of fused-ring (bicyclic) bond motifs is 1. The quantitative estimate of drug-likeness (QED) is 0.840. The van der Waals surface area contributed by atoms with Crippen molar-refractivity contribution in [3.05, 3.63) is 34.1 Å². The minimum atomic E-state index is -0.519. The predicted octanol–water partition coefficient (Wildman–Crippen LogP) is 2.70. The van der Waals surface area contributed by atoms with E-state index in [1.807, 2.05) is 6.92 Å². The molecule has 6 nitrogen and oxygen atoms in total. The molecule has 2 aromatic rings. The number of methoxy groups -OCH3 is 1. The van der Waals surface area contributed by atoms with E-state index in [4.69, 9.17) is 4.74 Å². The standard InChI is InChI=1S/C20H29FN4O2/c1-5-7-17(24-9-8-22-13(3)12-24)19-23-18-15(20(26)25(19)6-2)10-14(27-4)11-16(18)21/h10-11,13,17,22H,5-9,12H2,1-4H3/t13-,17+/m0/s1. The number of ether oxygens (including phenoxy) is 1. The summed E-state index contributed by atoms with van der Waals surface area (Å²) in [6, 6.07) is 3.24. The molecule has 1 aliphatic heterocycles. The topological polar surface area (TPSA) is 59.4 Å². The minimum Gasteiger partial charge on any atom is -0.497 e. The van der Waals surface area contributed by atoms with Crippen molar-refractivity contribution in [3.8, 4) is 5.75 Å². The van der Waals surface area contributed by atoms with Crippen molar-refractivity contribution in [2.24, 2.45) is 0 Å². The Morgan fingerprint density at radius 3 is 2.81 bits per heavy atom. The van der Waals surface area contributed by atoms with Crippen molar-refractivity contribution in [2.75, 3.05) is 26.7 Å². The fraction of sp³-hybridized carbons (Fsp3) is 0.600. The highest BCUT2D eigenvalue weighted by molar-refractivity contribution is 5.80. The van der Waals surface area contributed by atoms with Crippen LogP contribution in [0.1, 0.15) is 45.5 Å². The lowest BCUT2D eigenvalue weighted by atomic mass is 10.1. The maximum absolute atomic E-state index is 14.7. The Labute approximate surface area is 159 Å². The average Bonchev–Trinajstić information content (AvgIpc) is 2.66. The predicted molar refractivity (Wildman–Crippen MR) is 105 cm³/mol. The van der Waals surface area contributed by atoms with Crippen LogP contribution >= 0.6 is 0 Å². The molecule has 7 heteroatoms. The normalized spacial score (nSPS) is 19.4. The van der Waals surface area contributed by atoms with Crippen molar-refractivity contribution >= 4 is 10.9 Å². The molecule has 0 aliphatic carbocycles. The van der Waals surface area contributed by atoms with Crippen LogP contribution in [0.4, 0.5) is 4.39 Å². The first-order valence-electron chi connectivity index (χ1n) is 9.75. The zero-order valence-corrected chi connectivity index (χ0v) is 16.6. The number of nitrogens with zero attached hydrogens (tertiary/aromatic N) is 3. The fourth-order valence-electron chi connectivity index (χ4n) is 3.95. The minimum absolute atomic E-state index is 0.00176. The van der Waals surface area contributed by atoms with Crippen molar-refractivity contribution in [3.63, 3.8) is 0 Å². The van der Waals surface area contributed by atoms with E-state index in [0.29, 0.717) is 24.2 Å². The van der Waals surface area contributed by atoms with Gasteiger partial charge in [-0.05, 0) is 26.3 Å². The van der Waals surface area contributed by atoms with E-state index >= 15 is 0 Å². The molecule has 2 atom stereocenters. The van der Waals surface area contributed by atoms with E-state index < -0.39 is 5.82 Å². The number of hydrogen-bond donors (Lipinski definition) is 1. The zero-order valence-electron chi connectivity index (χ0n) is 16.6. The Morgan fingerprint density at radius 2 is 2.19 bits per heavy atom. The molecule has 1 aliphatic rings. The maximum atomic E-state index is 14.7. The van der Waals surface area contributed by atoms with Gasteiger partial charge in [0.25, 0.3) is 5.56 Å². The number of nitrogens with one attached hydrogen (secondary N) is 1. The second kappa shape index (κ2) is 8.35. The molecule has 1 N–H and O–H groups in total. The van der Waals surface area contributed by atoms with E-state index in [1.165, 1.54) is 13.2 Å². The highest BCUT2D eigenvalue weighted by Gasteiger charge is 2.28. The van der Waals surface area contributed by atoms with Gasteiger partial charge >= 0.3 is 0 Å². The Hall–Kier alpha value is -1.99. The van der Waals surface area contributed by atoms with Gasteiger partial charge in [0.15, 0.2) is 5.82 Å². The summed E-state index contributed by atoms with van der Waals surface area (Å²) in [5.74, 6) is 0.472. The van der Waals surface area contributed by atoms with Gasteiger partial charge in [-0.15, -0.1) is 0 Å². The zero-order chi connectivity index (χ0) is 19.6. The highest BCUT2D eigenvalue weighted by atomic mass is 19.1. The third-order valence-corrected chi connectivity index (χ3v) is 5.27. The molecule has 148 valence electrons. The molecule has 3 rings (SSSR count). The average molecular weight is 376 g/mol. The smallest absolute Gasteiger partial charge is 0.261 e. The van der Waals surface area contributed by atoms with Crippen LogP contribution in [0, 0.1) is 5.82 Å². The van der Waals surface area contributed by atoms with Crippen LogP contribution in [-0.4, -0.2) is 47.2 Å². The molecule has 27 heavy (non-hydrogen) atoms. The second-order valence-electron chi connectivity index (χ2n) is 7.18. The van der Waals surface area contributed by atoms with E-state index in [9.17, 15) is 9.18 Å². The van der Waals surface area contributed by atoms with Crippen molar-refractivity contribution in [2.45, 2.75) is 52.2 Å². The van der Waals surface area contributed by atoms with Crippen LogP contribution in [0.25, 0.3) is 10.9 Å². The first kappa shape index (κ1) is 19.8. The van der Waals surface area contributed by atoms with Gasteiger partial charge in [-0.25, -0.2) is 9.37 Å². The summed E-state index contributed by atoms with van der Waals surface area (Å²) >= 11 is 0. The molecule has 0 spiro atoms. The number of aromatic nitrogens is 2. The van der Waals surface area contributed by atoms with Crippen LogP contribution < -0.4 is 15.6 Å². The van der Waals surface area contributed by atoms with Crippen LogP contribution in [0.15, 0.2) is 16.9 Å². The molecule has 1 aromatic carbocycles. The lowest BCUT2D eigenvalue weighted by Gasteiger charge is -2.38. The van der Waals surface area contributed by atoms with Crippen molar-refractivity contribution in [1.82, 2.24) is 19.8 Å². The molecule has 0 bridgehead atoms. The lowest BCUT2D eigenvalue weighted by Crippen LogP contribution is -2.51. The summed E-state index contributed by atoms with van der Waals surface area (Å²) in [6.45, 7) is 9.37. The maximum Gasteiger partial charge on any atom is 0.261 e. The van der Waals surface area contributed by atoms with Crippen molar-refractivity contribution in [1.29, 1.82) is 0 Å². The van der Waals surface area contributed by atoms with Crippen LogP contribution in [0.5, 0.6) is 5.75 Å². The largest absolute Gasteiger partial charge is 0.497 e. The third kappa shape index (κ3) is 3.84. The first-order valence-corrected chi connectivity index (χ1v) is 9.75. The van der Waals surface area contributed by atoms with E-state index in [1.54, 1.807) is 10.6 Å². The Bertz CT molecular complexity index is 867. The molecule has 0 saturated carbocycles. The number of piperazine rings is 1. The van der Waals surface area contributed by atoms with E-state index in [0.717, 1.165) is 32.5 Å². The Kier molecular flexibility index (Phi) is 6.11. The SMILES string of the molecule is CCC[C@H](c1nc2c(F)cc(OC)cc2c(=O)n1CC)N1CCN[C@@H](C)C1. The summed E-state index contributed by atoms with van der Waals surface area (Å²) < 4.78 is 21.5. The van der Waals surface area contributed by atoms with Gasteiger partial charge in [0.1, 0.15) is 17.1 Å². The summed E-state index contributed by atoms with van der Waals surface area (Å²) in [5, 5.41) is 3.71. The Morgan fingerprint density at radius 1 is 1.41 bits per heavy atom.